The summed E-state index contributed by atoms with van der Waals surface area (Å²) in [6.07, 6.45) is 4.32. The Morgan fingerprint density at radius 2 is 2.00 bits per heavy atom. The lowest BCUT2D eigenvalue weighted by Gasteiger charge is -2.32. The Kier molecular flexibility index (Phi) is 4.97. The molecule has 2 aliphatic rings. The summed E-state index contributed by atoms with van der Waals surface area (Å²) in [4.78, 5) is 16.5. The molecule has 0 spiro atoms. The lowest BCUT2D eigenvalue weighted by molar-refractivity contribution is -0.123. The number of nitrogens with two attached hydrogens (primary N) is 1. The Morgan fingerprint density at radius 1 is 1.28 bits per heavy atom. The predicted molar refractivity (Wildman–Crippen MR) is 72.3 cm³/mol. The summed E-state index contributed by atoms with van der Waals surface area (Å²) in [6.45, 7) is 4.58. The lowest BCUT2D eigenvalue weighted by Crippen LogP contribution is -2.50. The van der Waals surface area contributed by atoms with Crippen molar-refractivity contribution < 1.29 is 4.79 Å². The van der Waals surface area contributed by atoms with Gasteiger partial charge < -0.3 is 16.0 Å². The zero-order valence-corrected chi connectivity index (χ0v) is 11.4. The Balaban J connectivity index is 1.68. The van der Waals surface area contributed by atoms with Crippen molar-refractivity contribution in [3.63, 3.8) is 0 Å². The molecule has 2 aliphatic heterocycles. The summed E-state index contributed by atoms with van der Waals surface area (Å²) in [6, 6.07) is 0.666. The molecule has 2 fully saturated rings. The molecule has 3 N–H and O–H groups in total. The van der Waals surface area contributed by atoms with E-state index in [1.165, 1.54) is 6.42 Å². The van der Waals surface area contributed by atoms with Crippen LogP contribution >= 0.6 is 0 Å². The molecular weight excluding hydrogens is 228 g/mol. The molecule has 2 saturated heterocycles. The van der Waals surface area contributed by atoms with Gasteiger partial charge in [-0.3, -0.25) is 9.69 Å². The van der Waals surface area contributed by atoms with Gasteiger partial charge in [0, 0.05) is 31.7 Å². The minimum atomic E-state index is 0.172. The first-order chi connectivity index (χ1) is 8.63. The van der Waals surface area contributed by atoms with Crippen LogP contribution in [0.15, 0.2) is 0 Å². The molecule has 5 heteroatoms. The van der Waals surface area contributed by atoms with Crippen molar-refractivity contribution in [3.05, 3.63) is 0 Å². The number of piperidine rings is 2. The zero-order chi connectivity index (χ0) is 13.0. The van der Waals surface area contributed by atoms with Crippen LogP contribution in [-0.4, -0.2) is 67.6 Å². The van der Waals surface area contributed by atoms with Gasteiger partial charge in [-0.15, -0.1) is 0 Å². The van der Waals surface area contributed by atoms with Gasteiger partial charge in [-0.2, -0.15) is 0 Å². The molecule has 104 valence electrons. The van der Waals surface area contributed by atoms with Crippen molar-refractivity contribution in [2.24, 2.45) is 5.73 Å². The van der Waals surface area contributed by atoms with E-state index in [1.54, 1.807) is 0 Å². The molecule has 1 unspecified atom stereocenters. The van der Waals surface area contributed by atoms with Crippen molar-refractivity contribution in [1.29, 1.82) is 0 Å². The number of likely N-dealkylation sites (N-methyl/N-ethyl adjacent to an activating group) is 1. The molecule has 0 bridgehead atoms. The predicted octanol–water partition coefficient (Wildman–Crippen LogP) is -0.380. The summed E-state index contributed by atoms with van der Waals surface area (Å²) in [7, 11) is 2.12. The average molecular weight is 254 g/mol. The van der Waals surface area contributed by atoms with Crippen molar-refractivity contribution in [2.75, 3.05) is 39.8 Å². The van der Waals surface area contributed by atoms with Gasteiger partial charge in [0.25, 0.3) is 0 Å². The van der Waals surface area contributed by atoms with E-state index >= 15 is 0 Å². The van der Waals surface area contributed by atoms with Gasteiger partial charge in [0.2, 0.25) is 5.91 Å². The van der Waals surface area contributed by atoms with Crippen molar-refractivity contribution in [3.8, 4) is 0 Å². The SMILES string of the molecule is CN1CCCC(NC(=O)CN2CCC(N)CC2)C1. The Morgan fingerprint density at radius 3 is 2.67 bits per heavy atom. The van der Waals surface area contributed by atoms with Gasteiger partial charge in [0.05, 0.1) is 6.54 Å². The maximum atomic E-state index is 12.0. The van der Waals surface area contributed by atoms with E-state index in [9.17, 15) is 4.79 Å². The summed E-state index contributed by atoms with van der Waals surface area (Å²) >= 11 is 0. The van der Waals surface area contributed by atoms with Crippen LogP contribution in [0.1, 0.15) is 25.7 Å². The molecule has 5 nitrogen and oxygen atoms in total. The number of amides is 1. The van der Waals surface area contributed by atoms with Crippen LogP contribution in [0.5, 0.6) is 0 Å². The second-order valence-corrected chi connectivity index (χ2v) is 5.78. The fraction of sp³-hybridized carbons (Fsp3) is 0.923. The Hall–Kier alpha value is -0.650. The second kappa shape index (κ2) is 6.50. The number of hydrogen-bond acceptors (Lipinski definition) is 4. The molecule has 0 radical (unpaired) electrons. The van der Waals surface area contributed by atoms with Crippen LogP contribution < -0.4 is 11.1 Å². The maximum absolute atomic E-state index is 12.0. The van der Waals surface area contributed by atoms with E-state index in [2.05, 4.69) is 22.2 Å². The fourth-order valence-corrected chi connectivity index (χ4v) is 2.87. The van der Waals surface area contributed by atoms with Crippen LogP contribution in [0.2, 0.25) is 0 Å². The number of carbonyl (C=O) groups excluding carboxylic acids is 1. The van der Waals surface area contributed by atoms with Crippen molar-refractivity contribution in [2.45, 2.75) is 37.8 Å². The molecule has 0 aromatic rings. The van der Waals surface area contributed by atoms with Crippen LogP contribution in [-0.2, 0) is 4.79 Å². The molecule has 1 amide bonds. The zero-order valence-electron chi connectivity index (χ0n) is 11.4. The fourth-order valence-electron chi connectivity index (χ4n) is 2.87. The van der Waals surface area contributed by atoms with Gasteiger partial charge in [0.15, 0.2) is 0 Å². The maximum Gasteiger partial charge on any atom is 0.234 e. The minimum absolute atomic E-state index is 0.172. The van der Waals surface area contributed by atoms with E-state index in [4.69, 9.17) is 5.73 Å². The average Bonchev–Trinajstić information content (AvgIpc) is 2.32. The number of nitrogens with one attached hydrogen (secondary N) is 1. The Bertz CT molecular complexity index is 276. The molecule has 0 aromatic heterocycles. The molecule has 1 atom stereocenters. The number of nitrogens with zero attached hydrogens (tertiary/aromatic N) is 2. The molecule has 2 heterocycles. The molecule has 18 heavy (non-hydrogen) atoms. The van der Waals surface area contributed by atoms with Crippen LogP contribution in [0.25, 0.3) is 0 Å². The number of carbonyl (C=O) groups is 1. The molecule has 0 saturated carbocycles. The summed E-state index contributed by atoms with van der Waals surface area (Å²) in [5, 5.41) is 3.15. The highest BCUT2D eigenvalue weighted by Crippen LogP contribution is 2.09. The quantitative estimate of drug-likeness (QED) is 0.721. The number of hydrogen-bond donors (Lipinski definition) is 2. The molecular formula is C13H26N4O. The van der Waals surface area contributed by atoms with E-state index in [-0.39, 0.29) is 5.91 Å². The number of rotatable bonds is 3. The third kappa shape index (κ3) is 4.23. The van der Waals surface area contributed by atoms with Crippen molar-refractivity contribution >= 4 is 5.91 Å². The highest BCUT2D eigenvalue weighted by Gasteiger charge is 2.22. The van der Waals surface area contributed by atoms with Crippen LogP contribution in [0, 0.1) is 0 Å². The minimum Gasteiger partial charge on any atom is -0.351 e. The van der Waals surface area contributed by atoms with Gasteiger partial charge in [0.1, 0.15) is 0 Å². The number of likely N-dealkylation sites (tertiary alicyclic amines) is 2. The molecule has 0 aromatic carbocycles. The van der Waals surface area contributed by atoms with Crippen LogP contribution in [0.4, 0.5) is 0 Å². The van der Waals surface area contributed by atoms with E-state index in [0.29, 0.717) is 18.6 Å². The normalized spacial score (nSPS) is 28.2. The first-order valence-electron chi connectivity index (χ1n) is 7.09. The lowest BCUT2D eigenvalue weighted by atomic mass is 10.1. The third-order valence-corrected chi connectivity index (χ3v) is 3.99. The summed E-state index contributed by atoms with van der Waals surface area (Å²) in [5.74, 6) is 0.172. The summed E-state index contributed by atoms with van der Waals surface area (Å²) < 4.78 is 0. The third-order valence-electron chi connectivity index (χ3n) is 3.99. The smallest absolute Gasteiger partial charge is 0.234 e. The first-order valence-corrected chi connectivity index (χ1v) is 7.09. The van der Waals surface area contributed by atoms with Gasteiger partial charge in [-0.25, -0.2) is 0 Å². The molecule has 2 rings (SSSR count). The van der Waals surface area contributed by atoms with E-state index in [1.807, 2.05) is 0 Å². The van der Waals surface area contributed by atoms with E-state index in [0.717, 1.165) is 45.4 Å². The summed E-state index contributed by atoms with van der Waals surface area (Å²) in [5.41, 5.74) is 5.86. The Labute approximate surface area is 110 Å². The van der Waals surface area contributed by atoms with E-state index < -0.39 is 0 Å². The van der Waals surface area contributed by atoms with Crippen molar-refractivity contribution in [1.82, 2.24) is 15.1 Å². The monoisotopic (exact) mass is 254 g/mol. The second-order valence-electron chi connectivity index (χ2n) is 5.78. The van der Waals surface area contributed by atoms with Gasteiger partial charge >= 0.3 is 0 Å². The molecule has 0 aliphatic carbocycles. The standard InChI is InChI=1S/C13H26N4O/c1-16-6-2-3-12(9-16)15-13(18)10-17-7-4-11(14)5-8-17/h11-12H,2-10,14H2,1H3,(H,15,18). The highest BCUT2D eigenvalue weighted by molar-refractivity contribution is 5.78. The first kappa shape index (κ1) is 13.8. The highest BCUT2D eigenvalue weighted by atomic mass is 16.2. The largest absolute Gasteiger partial charge is 0.351 e. The van der Waals surface area contributed by atoms with Gasteiger partial charge in [-0.1, -0.05) is 0 Å². The van der Waals surface area contributed by atoms with Gasteiger partial charge in [-0.05, 0) is 39.3 Å². The topological polar surface area (TPSA) is 61.6 Å². The van der Waals surface area contributed by atoms with Crippen LogP contribution in [0.3, 0.4) is 0 Å².